The van der Waals surface area contributed by atoms with Crippen molar-refractivity contribution in [3.8, 4) is 0 Å². The summed E-state index contributed by atoms with van der Waals surface area (Å²) >= 11 is 0. The first kappa shape index (κ1) is 16.0. The Morgan fingerprint density at radius 2 is 2.04 bits per heavy atom. The van der Waals surface area contributed by atoms with Crippen molar-refractivity contribution in [1.29, 1.82) is 0 Å². The van der Waals surface area contributed by atoms with E-state index >= 15 is 0 Å². The van der Waals surface area contributed by atoms with Gasteiger partial charge in [-0.05, 0) is 12.5 Å². The zero-order chi connectivity index (χ0) is 16.6. The predicted molar refractivity (Wildman–Crippen MR) is 88.7 cm³/mol. The summed E-state index contributed by atoms with van der Waals surface area (Å²) in [4.78, 5) is 30.2. The minimum Gasteiger partial charge on any atom is -0.348 e. The molecule has 5 heteroatoms. The molecule has 0 unspecified atom stereocenters. The maximum atomic E-state index is 12.6. The van der Waals surface area contributed by atoms with Crippen LogP contribution in [0.3, 0.4) is 0 Å². The lowest BCUT2D eigenvalue weighted by atomic mass is 10.0. The SMILES string of the molecule is Cc1cccc(CN2C[C@@H]3CN(CC(=O)N(C)C)C[C@@H]3C2=O)c1. The van der Waals surface area contributed by atoms with Crippen molar-refractivity contribution in [3.63, 3.8) is 0 Å². The smallest absolute Gasteiger partial charge is 0.236 e. The monoisotopic (exact) mass is 315 g/mol. The average molecular weight is 315 g/mol. The van der Waals surface area contributed by atoms with E-state index in [-0.39, 0.29) is 17.7 Å². The van der Waals surface area contributed by atoms with Gasteiger partial charge in [-0.1, -0.05) is 29.8 Å². The Balaban J connectivity index is 1.58. The molecule has 2 saturated heterocycles. The number of likely N-dealkylation sites (N-methyl/N-ethyl adjacent to an activating group) is 1. The molecule has 124 valence electrons. The molecular formula is C18H25N3O2. The molecule has 5 nitrogen and oxygen atoms in total. The summed E-state index contributed by atoms with van der Waals surface area (Å²) in [5.74, 6) is 0.780. The Kier molecular flexibility index (Phi) is 4.39. The highest BCUT2D eigenvalue weighted by atomic mass is 16.2. The van der Waals surface area contributed by atoms with Crippen LogP contribution in [0, 0.1) is 18.8 Å². The number of nitrogens with zero attached hydrogens (tertiary/aromatic N) is 3. The highest BCUT2D eigenvalue weighted by Crippen LogP contribution is 2.33. The standard InChI is InChI=1S/C18H25N3O2/c1-13-5-4-6-14(7-13)8-21-10-15-9-20(11-16(15)18(21)23)12-17(22)19(2)3/h4-7,15-16H,8-12H2,1-3H3/t15-,16-/m0/s1. The zero-order valence-corrected chi connectivity index (χ0v) is 14.2. The number of carbonyl (C=O) groups is 2. The first-order valence-electron chi connectivity index (χ1n) is 8.21. The zero-order valence-electron chi connectivity index (χ0n) is 14.2. The number of hydrogen-bond donors (Lipinski definition) is 0. The van der Waals surface area contributed by atoms with E-state index in [0.717, 1.165) is 13.1 Å². The van der Waals surface area contributed by atoms with Crippen LogP contribution in [0.4, 0.5) is 0 Å². The van der Waals surface area contributed by atoms with E-state index in [4.69, 9.17) is 0 Å². The highest BCUT2D eigenvalue weighted by molar-refractivity contribution is 5.82. The molecule has 0 bridgehead atoms. The summed E-state index contributed by atoms with van der Waals surface area (Å²) in [6.45, 7) is 5.57. The van der Waals surface area contributed by atoms with Crippen LogP contribution in [0.2, 0.25) is 0 Å². The second-order valence-electron chi connectivity index (χ2n) is 7.06. The van der Waals surface area contributed by atoms with Gasteiger partial charge >= 0.3 is 0 Å². The second kappa shape index (κ2) is 6.32. The van der Waals surface area contributed by atoms with Crippen molar-refractivity contribution in [2.75, 3.05) is 40.3 Å². The van der Waals surface area contributed by atoms with Crippen molar-refractivity contribution < 1.29 is 9.59 Å². The van der Waals surface area contributed by atoms with Gasteiger partial charge < -0.3 is 9.80 Å². The average Bonchev–Trinajstić information content (AvgIpc) is 2.99. The lowest BCUT2D eigenvalue weighted by molar-refractivity contribution is -0.133. The number of fused-ring (bicyclic) bond motifs is 1. The van der Waals surface area contributed by atoms with Gasteiger partial charge in [-0.3, -0.25) is 14.5 Å². The molecule has 2 fully saturated rings. The van der Waals surface area contributed by atoms with Crippen molar-refractivity contribution in [3.05, 3.63) is 35.4 Å². The molecule has 0 aliphatic carbocycles. The predicted octanol–water partition coefficient (Wildman–Crippen LogP) is 0.973. The number of aryl methyl sites for hydroxylation is 1. The Morgan fingerprint density at radius 1 is 1.26 bits per heavy atom. The Bertz CT molecular complexity index is 614. The molecule has 0 spiro atoms. The summed E-state index contributed by atoms with van der Waals surface area (Å²) in [5, 5.41) is 0. The van der Waals surface area contributed by atoms with Crippen LogP contribution in [0.15, 0.2) is 24.3 Å². The normalized spacial score (nSPS) is 24.1. The van der Waals surface area contributed by atoms with E-state index in [1.807, 2.05) is 11.0 Å². The fourth-order valence-corrected chi connectivity index (χ4v) is 3.67. The third-order valence-electron chi connectivity index (χ3n) is 4.91. The number of benzene rings is 1. The van der Waals surface area contributed by atoms with E-state index in [2.05, 4.69) is 30.0 Å². The molecule has 2 heterocycles. The fourth-order valence-electron chi connectivity index (χ4n) is 3.67. The third kappa shape index (κ3) is 3.39. The van der Waals surface area contributed by atoms with E-state index < -0.39 is 0 Å². The maximum absolute atomic E-state index is 12.6. The summed E-state index contributed by atoms with van der Waals surface area (Å²) in [5.41, 5.74) is 2.42. The van der Waals surface area contributed by atoms with Gasteiger partial charge in [-0.2, -0.15) is 0 Å². The fraction of sp³-hybridized carbons (Fsp3) is 0.556. The molecule has 0 saturated carbocycles. The van der Waals surface area contributed by atoms with Crippen molar-refractivity contribution in [2.24, 2.45) is 11.8 Å². The molecule has 1 aromatic rings. The largest absolute Gasteiger partial charge is 0.348 e. The van der Waals surface area contributed by atoms with E-state index in [0.29, 0.717) is 25.6 Å². The molecule has 3 rings (SSSR count). The molecule has 0 radical (unpaired) electrons. The highest BCUT2D eigenvalue weighted by Gasteiger charge is 2.46. The molecule has 2 amide bonds. The Labute approximate surface area is 137 Å². The summed E-state index contributed by atoms with van der Waals surface area (Å²) in [7, 11) is 3.54. The van der Waals surface area contributed by atoms with Crippen molar-refractivity contribution in [1.82, 2.24) is 14.7 Å². The summed E-state index contributed by atoms with van der Waals surface area (Å²) < 4.78 is 0. The number of likely N-dealkylation sites (tertiary alicyclic amines) is 2. The third-order valence-corrected chi connectivity index (χ3v) is 4.91. The quantitative estimate of drug-likeness (QED) is 0.832. The van der Waals surface area contributed by atoms with Crippen LogP contribution >= 0.6 is 0 Å². The van der Waals surface area contributed by atoms with Crippen LogP contribution in [0.1, 0.15) is 11.1 Å². The second-order valence-corrected chi connectivity index (χ2v) is 7.06. The number of carbonyl (C=O) groups excluding carboxylic acids is 2. The molecule has 0 aromatic heterocycles. The lowest BCUT2D eigenvalue weighted by Crippen LogP contribution is -2.38. The molecule has 2 aliphatic rings. The first-order chi connectivity index (χ1) is 10.9. The minimum atomic E-state index is 0.0646. The van der Waals surface area contributed by atoms with Crippen LogP contribution in [0.25, 0.3) is 0 Å². The molecule has 2 atom stereocenters. The minimum absolute atomic E-state index is 0.0646. The topological polar surface area (TPSA) is 43.9 Å². The van der Waals surface area contributed by atoms with Gasteiger partial charge in [0.15, 0.2) is 0 Å². The van der Waals surface area contributed by atoms with Crippen molar-refractivity contribution >= 4 is 11.8 Å². The van der Waals surface area contributed by atoms with E-state index in [9.17, 15) is 9.59 Å². The molecule has 1 aromatic carbocycles. The van der Waals surface area contributed by atoms with Gasteiger partial charge in [0.25, 0.3) is 0 Å². The number of amides is 2. The molecule has 2 aliphatic heterocycles. The van der Waals surface area contributed by atoms with Crippen LogP contribution in [0.5, 0.6) is 0 Å². The van der Waals surface area contributed by atoms with Gasteiger partial charge in [-0.15, -0.1) is 0 Å². The molecule has 0 N–H and O–H groups in total. The van der Waals surface area contributed by atoms with Crippen LogP contribution in [-0.2, 0) is 16.1 Å². The van der Waals surface area contributed by atoms with Crippen LogP contribution < -0.4 is 0 Å². The summed E-state index contributed by atoms with van der Waals surface area (Å²) in [6.07, 6.45) is 0. The van der Waals surface area contributed by atoms with Gasteiger partial charge in [-0.25, -0.2) is 0 Å². The summed E-state index contributed by atoms with van der Waals surface area (Å²) in [6, 6.07) is 8.34. The van der Waals surface area contributed by atoms with Crippen LogP contribution in [-0.4, -0.2) is 66.8 Å². The van der Waals surface area contributed by atoms with E-state index in [1.54, 1.807) is 19.0 Å². The number of rotatable bonds is 4. The lowest BCUT2D eigenvalue weighted by Gasteiger charge is -2.22. The van der Waals surface area contributed by atoms with Gasteiger partial charge in [0.2, 0.25) is 11.8 Å². The maximum Gasteiger partial charge on any atom is 0.236 e. The first-order valence-corrected chi connectivity index (χ1v) is 8.21. The van der Waals surface area contributed by atoms with Gasteiger partial charge in [0.1, 0.15) is 0 Å². The molecule has 23 heavy (non-hydrogen) atoms. The number of hydrogen-bond acceptors (Lipinski definition) is 3. The Morgan fingerprint density at radius 3 is 2.70 bits per heavy atom. The molecular weight excluding hydrogens is 290 g/mol. The van der Waals surface area contributed by atoms with Gasteiger partial charge in [0.05, 0.1) is 12.5 Å². The van der Waals surface area contributed by atoms with E-state index in [1.165, 1.54) is 11.1 Å². The van der Waals surface area contributed by atoms with Crippen molar-refractivity contribution in [2.45, 2.75) is 13.5 Å². The Hall–Kier alpha value is -1.88. The van der Waals surface area contributed by atoms with Gasteiger partial charge in [0, 0.05) is 46.2 Å².